The van der Waals surface area contributed by atoms with E-state index in [4.69, 9.17) is 9.15 Å². The second kappa shape index (κ2) is 14.6. The first-order chi connectivity index (χ1) is 21.3. The molecule has 9 heteroatoms. The Morgan fingerprint density at radius 3 is 2.23 bits per heavy atom. The number of unbranched alkanes of at least 4 members (excludes halogenated alkanes) is 1. The Kier molecular flexibility index (Phi) is 10.4. The normalized spacial score (nSPS) is 14.4. The van der Waals surface area contributed by atoms with Crippen LogP contribution in [0.25, 0.3) is 22.3 Å². The third-order valence-corrected chi connectivity index (χ3v) is 8.54. The van der Waals surface area contributed by atoms with Crippen LogP contribution in [0.4, 0.5) is 5.69 Å². The van der Waals surface area contributed by atoms with Gasteiger partial charge < -0.3 is 29.2 Å². The quantitative estimate of drug-likeness (QED) is 0.209. The molecule has 0 spiro atoms. The van der Waals surface area contributed by atoms with Gasteiger partial charge in [0.1, 0.15) is 0 Å². The smallest absolute Gasteiger partial charge is 0.235 e. The van der Waals surface area contributed by atoms with Crippen LogP contribution in [0, 0.1) is 0 Å². The molecule has 0 radical (unpaired) electrons. The van der Waals surface area contributed by atoms with Gasteiger partial charge in [-0.2, -0.15) is 0 Å². The summed E-state index contributed by atoms with van der Waals surface area (Å²) < 4.78 is 11.1. The zero-order valence-electron chi connectivity index (χ0n) is 26.0. The maximum Gasteiger partial charge on any atom is 0.235 e. The number of benzene rings is 3. The van der Waals surface area contributed by atoms with Gasteiger partial charge in [-0.1, -0.05) is 30.3 Å². The highest BCUT2D eigenvalue weighted by Crippen LogP contribution is 2.38. The van der Waals surface area contributed by atoms with E-state index in [0.29, 0.717) is 5.56 Å². The topological polar surface area (TPSA) is 92.9 Å². The van der Waals surface area contributed by atoms with Gasteiger partial charge in [-0.25, -0.2) is 0 Å². The third-order valence-electron chi connectivity index (χ3n) is 8.54. The van der Waals surface area contributed by atoms with Gasteiger partial charge in [-0.05, 0) is 68.4 Å². The summed E-state index contributed by atoms with van der Waals surface area (Å²) in [6.45, 7) is 9.75. The molecular weight excluding hydrogens is 556 g/mol. The number of likely N-dealkylation sites (N-methyl/N-ethyl adjacent to an activating group) is 1. The molecule has 2 heterocycles. The number of phenols is 1. The molecule has 0 amide bonds. The molecule has 9 nitrogen and oxygen atoms in total. The maximum absolute atomic E-state index is 12.8. The molecule has 1 fully saturated rings. The first kappa shape index (κ1) is 31.4. The summed E-state index contributed by atoms with van der Waals surface area (Å²) in [5, 5.41) is 20.8. The minimum Gasteiger partial charge on any atom is -0.504 e. The number of aromatic hydroxyl groups is 2. The summed E-state index contributed by atoms with van der Waals surface area (Å²) in [6.07, 6.45) is 2.19. The molecule has 0 unspecified atom stereocenters. The Labute approximate surface area is 259 Å². The summed E-state index contributed by atoms with van der Waals surface area (Å²) in [4.78, 5) is 22.6. The molecule has 1 aliphatic rings. The van der Waals surface area contributed by atoms with E-state index in [1.165, 1.54) is 24.8 Å². The standard InChI is InChI=1S/C35H44N4O5/c1-36(19-20-38-21-23-39(24-22-38)25-26-9-5-4-6-10-26)17-7-8-18-37(2)28-13-11-27(12-14-28)33-32(42)31(41)29-15-16-30(40)35(43-3)34(29)44-33/h4-6,9-16,40,42H,7-8,17-25H2,1-3H3. The summed E-state index contributed by atoms with van der Waals surface area (Å²) in [6, 6.07) is 21.0. The van der Waals surface area contributed by atoms with Gasteiger partial charge >= 0.3 is 0 Å². The molecule has 4 aromatic rings. The van der Waals surface area contributed by atoms with Crippen molar-refractivity contribution in [3.63, 3.8) is 0 Å². The van der Waals surface area contributed by atoms with Gasteiger partial charge in [-0.3, -0.25) is 14.6 Å². The fraction of sp³-hybridized carbons (Fsp3) is 0.400. The molecule has 0 bridgehead atoms. The monoisotopic (exact) mass is 600 g/mol. The van der Waals surface area contributed by atoms with Crippen LogP contribution in [-0.4, -0.2) is 98.5 Å². The molecule has 5 rings (SSSR count). The highest BCUT2D eigenvalue weighted by atomic mass is 16.5. The number of nitrogens with zero attached hydrogens (tertiary/aromatic N) is 4. The molecule has 234 valence electrons. The zero-order valence-corrected chi connectivity index (χ0v) is 26.0. The van der Waals surface area contributed by atoms with E-state index in [9.17, 15) is 15.0 Å². The van der Waals surface area contributed by atoms with Gasteiger partial charge in [0.2, 0.25) is 16.9 Å². The van der Waals surface area contributed by atoms with Crippen LogP contribution in [0.15, 0.2) is 75.9 Å². The lowest BCUT2D eigenvalue weighted by Gasteiger charge is -2.35. The van der Waals surface area contributed by atoms with Crippen molar-refractivity contribution >= 4 is 16.7 Å². The molecule has 0 saturated carbocycles. The number of ether oxygens (including phenoxy) is 1. The van der Waals surface area contributed by atoms with E-state index in [0.717, 1.165) is 77.4 Å². The number of rotatable bonds is 13. The first-order valence-corrected chi connectivity index (χ1v) is 15.4. The molecular formula is C35H44N4O5. The Morgan fingerprint density at radius 1 is 0.841 bits per heavy atom. The van der Waals surface area contributed by atoms with Crippen molar-refractivity contribution in [1.82, 2.24) is 14.7 Å². The van der Waals surface area contributed by atoms with Crippen molar-refractivity contribution in [3.8, 4) is 28.6 Å². The predicted molar refractivity (Wildman–Crippen MR) is 176 cm³/mol. The van der Waals surface area contributed by atoms with Crippen molar-refractivity contribution in [3.05, 3.63) is 82.5 Å². The number of anilines is 1. The number of hydrogen-bond donors (Lipinski definition) is 2. The fourth-order valence-electron chi connectivity index (χ4n) is 5.77. The Balaban J connectivity index is 1.05. The van der Waals surface area contributed by atoms with E-state index in [1.807, 2.05) is 24.3 Å². The minimum atomic E-state index is -0.577. The van der Waals surface area contributed by atoms with Crippen molar-refractivity contribution in [2.45, 2.75) is 19.4 Å². The minimum absolute atomic E-state index is 0.0395. The molecule has 0 aliphatic carbocycles. The van der Waals surface area contributed by atoms with Crippen molar-refractivity contribution in [2.75, 3.05) is 78.5 Å². The van der Waals surface area contributed by atoms with Gasteiger partial charge in [0, 0.05) is 70.7 Å². The molecule has 3 aromatic carbocycles. The fourth-order valence-corrected chi connectivity index (χ4v) is 5.77. The lowest BCUT2D eigenvalue weighted by molar-refractivity contribution is 0.117. The van der Waals surface area contributed by atoms with Crippen LogP contribution in [0.3, 0.4) is 0 Å². The van der Waals surface area contributed by atoms with E-state index < -0.39 is 11.2 Å². The molecule has 1 aliphatic heterocycles. The van der Waals surface area contributed by atoms with Gasteiger partial charge in [-0.15, -0.1) is 0 Å². The Hall–Kier alpha value is -4.05. The Morgan fingerprint density at radius 2 is 1.52 bits per heavy atom. The maximum atomic E-state index is 12.8. The van der Waals surface area contributed by atoms with Crippen molar-refractivity contribution in [2.24, 2.45) is 0 Å². The molecule has 2 N–H and O–H groups in total. The summed E-state index contributed by atoms with van der Waals surface area (Å²) in [5.41, 5.74) is 2.50. The first-order valence-electron chi connectivity index (χ1n) is 15.4. The Bertz CT molecular complexity index is 1570. The summed E-state index contributed by atoms with van der Waals surface area (Å²) in [7, 11) is 5.67. The van der Waals surface area contributed by atoms with E-state index >= 15 is 0 Å². The average molecular weight is 601 g/mol. The third kappa shape index (κ3) is 7.53. The van der Waals surface area contributed by atoms with Crippen LogP contribution in [0.1, 0.15) is 18.4 Å². The highest BCUT2D eigenvalue weighted by molar-refractivity contribution is 5.88. The van der Waals surface area contributed by atoms with Crippen molar-refractivity contribution in [1.29, 1.82) is 0 Å². The van der Waals surface area contributed by atoms with Crippen molar-refractivity contribution < 1.29 is 19.4 Å². The summed E-state index contributed by atoms with van der Waals surface area (Å²) in [5.74, 6) is -0.519. The lowest BCUT2D eigenvalue weighted by atomic mass is 10.1. The SMILES string of the molecule is COc1c(O)ccc2c(=O)c(O)c(-c3ccc(N(C)CCCCN(C)CCN4CCN(Cc5ccccc5)CC4)cc3)oc12. The highest BCUT2D eigenvalue weighted by Gasteiger charge is 2.20. The van der Waals surface area contributed by atoms with Crippen LogP contribution < -0.4 is 15.1 Å². The van der Waals surface area contributed by atoms with Gasteiger partial charge in [0.15, 0.2) is 17.1 Å². The number of hydrogen-bond acceptors (Lipinski definition) is 9. The molecule has 1 aromatic heterocycles. The predicted octanol–water partition coefficient (Wildman–Crippen LogP) is 4.85. The van der Waals surface area contributed by atoms with E-state index in [2.05, 4.69) is 64.0 Å². The molecule has 1 saturated heterocycles. The van der Waals surface area contributed by atoms with Crippen LogP contribution >= 0.6 is 0 Å². The average Bonchev–Trinajstić information content (AvgIpc) is 3.05. The van der Waals surface area contributed by atoms with Gasteiger partial charge in [0.25, 0.3) is 0 Å². The summed E-state index contributed by atoms with van der Waals surface area (Å²) >= 11 is 0. The number of piperazine rings is 1. The van der Waals surface area contributed by atoms with Crippen LogP contribution in [0.5, 0.6) is 17.2 Å². The van der Waals surface area contributed by atoms with Gasteiger partial charge in [0.05, 0.1) is 12.5 Å². The number of phenolic OH excluding ortho intramolecular Hbond substituents is 1. The molecule has 0 atom stereocenters. The van der Waals surface area contributed by atoms with Crippen LogP contribution in [-0.2, 0) is 6.54 Å². The zero-order chi connectivity index (χ0) is 31.1. The number of methoxy groups -OCH3 is 1. The van der Waals surface area contributed by atoms with E-state index in [1.54, 1.807) is 0 Å². The largest absolute Gasteiger partial charge is 0.504 e. The molecule has 44 heavy (non-hydrogen) atoms. The number of fused-ring (bicyclic) bond motifs is 1. The second-order valence-corrected chi connectivity index (χ2v) is 11.7. The lowest BCUT2D eigenvalue weighted by Crippen LogP contribution is -2.47. The second-order valence-electron chi connectivity index (χ2n) is 11.7. The van der Waals surface area contributed by atoms with Crippen LogP contribution in [0.2, 0.25) is 0 Å². The van der Waals surface area contributed by atoms with E-state index in [-0.39, 0.29) is 28.2 Å².